The van der Waals surface area contributed by atoms with Gasteiger partial charge in [0.1, 0.15) is 0 Å². The van der Waals surface area contributed by atoms with E-state index in [9.17, 15) is 9.59 Å². The van der Waals surface area contributed by atoms with Crippen LogP contribution in [0.4, 0.5) is 0 Å². The van der Waals surface area contributed by atoms with Crippen LogP contribution in [0.15, 0.2) is 30.3 Å². The highest BCUT2D eigenvalue weighted by molar-refractivity contribution is 6.42. The Morgan fingerprint density at radius 2 is 1.94 bits per heavy atom. The van der Waals surface area contributed by atoms with E-state index in [1.807, 2.05) is 6.07 Å². The molecule has 2 rings (SSSR count). The molecule has 0 N–H and O–H groups in total. The summed E-state index contributed by atoms with van der Waals surface area (Å²) in [5, 5.41) is 0. The predicted octanol–water partition coefficient (Wildman–Crippen LogP) is 2.66. The first-order chi connectivity index (χ1) is 8.74. The molecule has 1 fully saturated rings. The fourth-order valence-corrected chi connectivity index (χ4v) is 2.54. The number of nitrogens with zero attached hydrogens (tertiary/aromatic N) is 1. The van der Waals surface area contributed by atoms with Crippen molar-refractivity contribution in [3.8, 4) is 0 Å². The van der Waals surface area contributed by atoms with Crippen molar-refractivity contribution < 1.29 is 9.59 Å². The molecule has 1 amide bonds. The van der Waals surface area contributed by atoms with Gasteiger partial charge >= 0.3 is 0 Å². The van der Waals surface area contributed by atoms with E-state index in [4.69, 9.17) is 0 Å². The first-order valence-electron chi connectivity index (χ1n) is 6.64. The summed E-state index contributed by atoms with van der Waals surface area (Å²) in [5.74, 6) is -0.719. The lowest BCUT2D eigenvalue weighted by Crippen LogP contribution is -2.46. The quantitative estimate of drug-likeness (QED) is 0.606. The highest BCUT2D eigenvalue weighted by Gasteiger charge is 2.29. The van der Waals surface area contributed by atoms with E-state index in [-0.39, 0.29) is 17.7 Å². The maximum atomic E-state index is 12.2. The number of benzene rings is 1. The highest BCUT2D eigenvalue weighted by atomic mass is 16.2. The second-order valence-electron chi connectivity index (χ2n) is 4.75. The summed E-state index contributed by atoms with van der Waals surface area (Å²) >= 11 is 0. The normalized spacial score (nSPS) is 19.6. The van der Waals surface area contributed by atoms with Crippen molar-refractivity contribution in [3.05, 3.63) is 35.9 Å². The van der Waals surface area contributed by atoms with Crippen molar-refractivity contribution in [2.45, 2.75) is 38.6 Å². The van der Waals surface area contributed by atoms with Crippen LogP contribution in [0.5, 0.6) is 0 Å². The second-order valence-corrected chi connectivity index (χ2v) is 4.75. The molecule has 0 bridgehead atoms. The molecular weight excluding hydrogens is 226 g/mol. The van der Waals surface area contributed by atoms with Crippen LogP contribution < -0.4 is 0 Å². The van der Waals surface area contributed by atoms with Crippen molar-refractivity contribution in [2.24, 2.45) is 0 Å². The summed E-state index contributed by atoms with van der Waals surface area (Å²) in [6, 6.07) is 9.05. The Morgan fingerprint density at radius 1 is 1.22 bits per heavy atom. The van der Waals surface area contributed by atoms with Gasteiger partial charge in [0.2, 0.25) is 5.78 Å². The zero-order valence-electron chi connectivity index (χ0n) is 10.8. The zero-order valence-corrected chi connectivity index (χ0v) is 10.8. The molecule has 18 heavy (non-hydrogen) atoms. The molecule has 3 nitrogen and oxygen atoms in total. The Labute approximate surface area is 108 Å². The second kappa shape index (κ2) is 5.80. The number of amides is 1. The van der Waals surface area contributed by atoms with Crippen molar-refractivity contribution in [1.29, 1.82) is 0 Å². The van der Waals surface area contributed by atoms with E-state index >= 15 is 0 Å². The van der Waals surface area contributed by atoms with Gasteiger partial charge < -0.3 is 4.90 Å². The Hall–Kier alpha value is -1.64. The topological polar surface area (TPSA) is 37.4 Å². The Bertz CT molecular complexity index is 427. The van der Waals surface area contributed by atoms with Crippen LogP contribution in [0, 0.1) is 0 Å². The molecule has 3 heteroatoms. The molecule has 0 saturated carbocycles. The molecule has 1 aromatic carbocycles. The van der Waals surface area contributed by atoms with Crippen molar-refractivity contribution in [3.63, 3.8) is 0 Å². The molecule has 1 saturated heterocycles. The summed E-state index contributed by atoms with van der Waals surface area (Å²) in [6.07, 6.45) is 4.10. The summed E-state index contributed by atoms with van der Waals surface area (Å²) in [6.45, 7) is 2.79. The first-order valence-corrected chi connectivity index (χ1v) is 6.64. The Morgan fingerprint density at radius 3 is 2.61 bits per heavy atom. The molecule has 1 aromatic rings. The lowest BCUT2D eigenvalue weighted by atomic mass is 9.98. The number of hydrogen-bond acceptors (Lipinski definition) is 2. The lowest BCUT2D eigenvalue weighted by Gasteiger charge is -2.34. The van der Waals surface area contributed by atoms with Gasteiger partial charge in [-0.05, 0) is 25.7 Å². The van der Waals surface area contributed by atoms with Gasteiger partial charge in [-0.3, -0.25) is 9.59 Å². The largest absolute Gasteiger partial charge is 0.333 e. The maximum Gasteiger partial charge on any atom is 0.295 e. The number of carbonyl (C=O) groups is 2. The first kappa shape index (κ1) is 12.8. The molecule has 1 heterocycles. The molecule has 0 aliphatic carbocycles. The molecule has 0 aromatic heterocycles. The van der Waals surface area contributed by atoms with Gasteiger partial charge in [-0.2, -0.15) is 0 Å². The number of piperidine rings is 1. The summed E-state index contributed by atoms with van der Waals surface area (Å²) in [4.78, 5) is 26.1. The Kier molecular flexibility index (Phi) is 4.13. The third kappa shape index (κ3) is 2.61. The average molecular weight is 245 g/mol. The lowest BCUT2D eigenvalue weighted by molar-refractivity contribution is -0.130. The van der Waals surface area contributed by atoms with E-state index in [0.29, 0.717) is 5.56 Å². The monoisotopic (exact) mass is 245 g/mol. The smallest absolute Gasteiger partial charge is 0.295 e. The van der Waals surface area contributed by atoms with Crippen molar-refractivity contribution >= 4 is 11.7 Å². The van der Waals surface area contributed by atoms with Gasteiger partial charge in [0, 0.05) is 18.2 Å². The van der Waals surface area contributed by atoms with E-state index < -0.39 is 0 Å². The van der Waals surface area contributed by atoms with Crippen LogP contribution >= 0.6 is 0 Å². The van der Waals surface area contributed by atoms with Gasteiger partial charge in [-0.25, -0.2) is 0 Å². The Balaban J connectivity index is 2.13. The summed E-state index contributed by atoms with van der Waals surface area (Å²) < 4.78 is 0. The summed E-state index contributed by atoms with van der Waals surface area (Å²) in [5.41, 5.74) is 0.489. The van der Waals surface area contributed by atoms with Crippen LogP contribution in [0.25, 0.3) is 0 Å². The van der Waals surface area contributed by atoms with Gasteiger partial charge in [0.25, 0.3) is 5.91 Å². The van der Waals surface area contributed by atoms with Crippen LogP contribution in [-0.2, 0) is 4.79 Å². The van der Waals surface area contributed by atoms with E-state index in [1.165, 1.54) is 0 Å². The third-order valence-corrected chi connectivity index (χ3v) is 3.59. The van der Waals surface area contributed by atoms with Crippen molar-refractivity contribution in [1.82, 2.24) is 4.90 Å². The number of hydrogen-bond donors (Lipinski definition) is 0. The van der Waals surface area contributed by atoms with Crippen LogP contribution in [0.1, 0.15) is 43.0 Å². The van der Waals surface area contributed by atoms with Crippen LogP contribution in [0.2, 0.25) is 0 Å². The van der Waals surface area contributed by atoms with Gasteiger partial charge in [-0.1, -0.05) is 37.3 Å². The predicted molar refractivity (Wildman–Crippen MR) is 70.4 cm³/mol. The van der Waals surface area contributed by atoms with Crippen LogP contribution in [0.3, 0.4) is 0 Å². The fraction of sp³-hybridized carbons (Fsp3) is 0.467. The average Bonchev–Trinajstić information content (AvgIpc) is 2.46. The maximum absolute atomic E-state index is 12.2. The number of rotatable bonds is 3. The minimum atomic E-state index is -0.379. The van der Waals surface area contributed by atoms with Gasteiger partial charge in [-0.15, -0.1) is 0 Å². The molecule has 0 radical (unpaired) electrons. The number of carbonyl (C=O) groups excluding carboxylic acids is 2. The molecule has 0 spiro atoms. The van der Waals surface area contributed by atoms with E-state index in [0.717, 1.165) is 32.2 Å². The number of likely N-dealkylation sites (tertiary alicyclic amines) is 1. The van der Waals surface area contributed by atoms with E-state index in [2.05, 4.69) is 6.92 Å². The van der Waals surface area contributed by atoms with E-state index in [1.54, 1.807) is 29.2 Å². The van der Waals surface area contributed by atoms with Crippen LogP contribution in [-0.4, -0.2) is 29.2 Å². The van der Waals surface area contributed by atoms with Gasteiger partial charge in [0.15, 0.2) is 0 Å². The molecule has 1 aliphatic rings. The molecule has 1 unspecified atom stereocenters. The fourth-order valence-electron chi connectivity index (χ4n) is 2.54. The molecular formula is C15H19NO2. The standard InChI is InChI=1S/C15H19NO2/c1-2-13-10-6-7-11-16(13)15(18)14(17)12-8-4-3-5-9-12/h3-5,8-9,13H,2,6-7,10-11H2,1H3. The SMILES string of the molecule is CCC1CCCCN1C(=O)C(=O)c1ccccc1. The van der Waals surface area contributed by atoms with Crippen molar-refractivity contribution in [2.75, 3.05) is 6.54 Å². The zero-order chi connectivity index (χ0) is 13.0. The minimum absolute atomic E-state index is 0.235. The highest BCUT2D eigenvalue weighted by Crippen LogP contribution is 2.20. The molecule has 1 atom stereocenters. The third-order valence-electron chi connectivity index (χ3n) is 3.59. The minimum Gasteiger partial charge on any atom is -0.333 e. The molecule has 96 valence electrons. The summed E-state index contributed by atoms with van der Waals surface area (Å²) in [7, 11) is 0. The van der Waals surface area contributed by atoms with Gasteiger partial charge in [0.05, 0.1) is 0 Å². The molecule has 1 aliphatic heterocycles. The number of ketones is 1. The number of Topliss-reactive ketones (excluding diaryl/α,β-unsaturated/α-hetero) is 1.